The first kappa shape index (κ1) is 30.7. The summed E-state index contributed by atoms with van der Waals surface area (Å²) in [5, 5.41) is 0. The van der Waals surface area contributed by atoms with Crippen LogP contribution in [-0.4, -0.2) is 129 Å². The highest BCUT2D eigenvalue weighted by Crippen LogP contribution is 2.06. The second-order valence-corrected chi connectivity index (χ2v) is 9.35. The van der Waals surface area contributed by atoms with Crippen molar-refractivity contribution in [3.05, 3.63) is 0 Å². The van der Waals surface area contributed by atoms with E-state index in [0.29, 0.717) is 77.9 Å². The molecule has 2 unspecified atom stereocenters. The standard InChI is InChI=1S/C25H52N2O6/c1-24-6-10-26(3)8-5-9-27(4)11-7-25(2)23-33-21-19-31-17-15-29-13-12-28-14-16-30-18-20-32-22-24/h24-25H,5-23H2,1-4H3. The number of rotatable bonds is 0. The van der Waals surface area contributed by atoms with Crippen molar-refractivity contribution >= 4 is 0 Å². The van der Waals surface area contributed by atoms with Gasteiger partial charge in [0, 0.05) is 13.2 Å². The lowest BCUT2D eigenvalue weighted by molar-refractivity contribution is -0.0197. The molecule has 1 rings (SSSR count). The van der Waals surface area contributed by atoms with Gasteiger partial charge in [-0.1, -0.05) is 13.8 Å². The second-order valence-electron chi connectivity index (χ2n) is 9.35. The van der Waals surface area contributed by atoms with Crippen LogP contribution < -0.4 is 0 Å². The molecule has 198 valence electrons. The van der Waals surface area contributed by atoms with Gasteiger partial charge in [0.2, 0.25) is 0 Å². The van der Waals surface area contributed by atoms with Crippen LogP contribution in [0.3, 0.4) is 0 Å². The van der Waals surface area contributed by atoms with E-state index < -0.39 is 0 Å². The van der Waals surface area contributed by atoms with Crippen molar-refractivity contribution in [2.24, 2.45) is 11.8 Å². The van der Waals surface area contributed by atoms with E-state index in [1.165, 1.54) is 6.42 Å². The average Bonchev–Trinajstić information content (AvgIpc) is 2.80. The van der Waals surface area contributed by atoms with Crippen LogP contribution >= 0.6 is 0 Å². The summed E-state index contributed by atoms with van der Waals surface area (Å²) < 4.78 is 33.6. The van der Waals surface area contributed by atoms with E-state index in [0.717, 1.165) is 52.2 Å². The summed E-state index contributed by atoms with van der Waals surface area (Å²) in [6, 6.07) is 0. The van der Waals surface area contributed by atoms with E-state index in [4.69, 9.17) is 28.4 Å². The van der Waals surface area contributed by atoms with Crippen LogP contribution in [0.5, 0.6) is 0 Å². The third kappa shape index (κ3) is 20.7. The molecular formula is C25H52N2O6. The lowest BCUT2D eigenvalue weighted by Crippen LogP contribution is -2.28. The van der Waals surface area contributed by atoms with Gasteiger partial charge >= 0.3 is 0 Å². The van der Waals surface area contributed by atoms with Crippen LogP contribution in [-0.2, 0) is 28.4 Å². The van der Waals surface area contributed by atoms with Gasteiger partial charge in [-0.25, -0.2) is 0 Å². The van der Waals surface area contributed by atoms with Crippen LogP contribution in [0.4, 0.5) is 0 Å². The maximum absolute atomic E-state index is 5.76. The van der Waals surface area contributed by atoms with E-state index in [1.54, 1.807) is 0 Å². The van der Waals surface area contributed by atoms with Crippen molar-refractivity contribution in [2.75, 3.05) is 120 Å². The Morgan fingerprint density at radius 1 is 0.455 bits per heavy atom. The molecule has 0 bridgehead atoms. The fourth-order valence-electron chi connectivity index (χ4n) is 3.45. The Labute approximate surface area is 203 Å². The Hall–Kier alpha value is -0.320. The molecule has 1 fully saturated rings. The van der Waals surface area contributed by atoms with E-state index in [2.05, 4.69) is 37.7 Å². The lowest BCUT2D eigenvalue weighted by Gasteiger charge is -2.22. The Bertz CT molecular complexity index is 382. The molecule has 1 heterocycles. The lowest BCUT2D eigenvalue weighted by atomic mass is 10.1. The van der Waals surface area contributed by atoms with Gasteiger partial charge in [-0.2, -0.15) is 0 Å². The first-order valence-electron chi connectivity index (χ1n) is 12.9. The molecule has 0 aromatic carbocycles. The van der Waals surface area contributed by atoms with Gasteiger partial charge < -0.3 is 38.2 Å². The van der Waals surface area contributed by atoms with Crippen molar-refractivity contribution in [1.82, 2.24) is 9.80 Å². The molecule has 33 heavy (non-hydrogen) atoms. The highest BCUT2D eigenvalue weighted by molar-refractivity contribution is 4.61. The third-order valence-corrected chi connectivity index (χ3v) is 5.75. The maximum atomic E-state index is 5.76. The van der Waals surface area contributed by atoms with Gasteiger partial charge in [-0.05, 0) is 71.4 Å². The van der Waals surface area contributed by atoms with E-state index in [-0.39, 0.29) is 0 Å². The smallest absolute Gasteiger partial charge is 0.0701 e. The minimum absolute atomic E-state index is 0.559. The summed E-state index contributed by atoms with van der Waals surface area (Å²) in [5.41, 5.74) is 0. The predicted octanol–water partition coefficient (Wildman–Crippen LogP) is 2.41. The largest absolute Gasteiger partial charge is 0.379 e. The minimum atomic E-state index is 0.559. The second kappa shape index (κ2) is 22.2. The topological polar surface area (TPSA) is 61.9 Å². The Balaban J connectivity index is 2.24. The SMILES string of the molecule is CC1CCN(C)CCCN(C)CCC(C)COCCOCCOCCOCCOCCOC1. The summed E-state index contributed by atoms with van der Waals surface area (Å²) in [4.78, 5) is 4.88. The van der Waals surface area contributed by atoms with Gasteiger partial charge in [-0.3, -0.25) is 0 Å². The molecule has 0 saturated carbocycles. The van der Waals surface area contributed by atoms with Gasteiger partial charge in [-0.15, -0.1) is 0 Å². The predicted molar refractivity (Wildman–Crippen MR) is 132 cm³/mol. The molecule has 0 aromatic heterocycles. The van der Waals surface area contributed by atoms with Crippen LogP contribution in [0.1, 0.15) is 33.1 Å². The monoisotopic (exact) mass is 476 g/mol. The van der Waals surface area contributed by atoms with Crippen molar-refractivity contribution in [1.29, 1.82) is 0 Å². The average molecular weight is 477 g/mol. The Kier molecular flexibility index (Phi) is 20.6. The van der Waals surface area contributed by atoms with Gasteiger partial charge in [0.1, 0.15) is 0 Å². The molecule has 8 nitrogen and oxygen atoms in total. The Morgan fingerprint density at radius 3 is 1.09 bits per heavy atom. The molecule has 1 aliphatic heterocycles. The Morgan fingerprint density at radius 2 is 0.758 bits per heavy atom. The number of hydrogen-bond acceptors (Lipinski definition) is 8. The van der Waals surface area contributed by atoms with Crippen molar-refractivity contribution < 1.29 is 28.4 Å². The summed E-state index contributed by atoms with van der Waals surface area (Å²) in [6.07, 6.45) is 3.52. The van der Waals surface area contributed by atoms with Gasteiger partial charge in [0.15, 0.2) is 0 Å². The molecule has 2 atom stereocenters. The van der Waals surface area contributed by atoms with Crippen LogP contribution in [0.25, 0.3) is 0 Å². The van der Waals surface area contributed by atoms with Crippen molar-refractivity contribution in [2.45, 2.75) is 33.1 Å². The zero-order valence-electron chi connectivity index (χ0n) is 21.9. The molecular weight excluding hydrogens is 424 g/mol. The quantitative estimate of drug-likeness (QED) is 0.528. The van der Waals surface area contributed by atoms with Crippen molar-refractivity contribution in [3.63, 3.8) is 0 Å². The zero-order chi connectivity index (χ0) is 24.0. The van der Waals surface area contributed by atoms with Crippen molar-refractivity contribution in [3.8, 4) is 0 Å². The molecule has 0 radical (unpaired) electrons. The normalized spacial score (nSPS) is 28.4. The van der Waals surface area contributed by atoms with Gasteiger partial charge in [0.25, 0.3) is 0 Å². The molecule has 0 aliphatic carbocycles. The third-order valence-electron chi connectivity index (χ3n) is 5.75. The molecule has 8 heteroatoms. The molecule has 1 saturated heterocycles. The first-order valence-corrected chi connectivity index (χ1v) is 12.9. The fraction of sp³-hybridized carbons (Fsp3) is 1.00. The van der Waals surface area contributed by atoms with Gasteiger partial charge in [0.05, 0.1) is 66.1 Å². The zero-order valence-corrected chi connectivity index (χ0v) is 21.9. The minimum Gasteiger partial charge on any atom is -0.379 e. The van der Waals surface area contributed by atoms with E-state index in [9.17, 15) is 0 Å². The van der Waals surface area contributed by atoms with Crippen LogP contribution in [0, 0.1) is 11.8 Å². The molecule has 0 N–H and O–H groups in total. The van der Waals surface area contributed by atoms with Crippen LogP contribution in [0.15, 0.2) is 0 Å². The fourth-order valence-corrected chi connectivity index (χ4v) is 3.45. The first-order chi connectivity index (χ1) is 16.1. The summed E-state index contributed by atoms with van der Waals surface area (Å²) >= 11 is 0. The molecule has 0 amide bonds. The summed E-state index contributed by atoms with van der Waals surface area (Å²) in [7, 11) is 4.44. The summed E-state index contributed by atoms with van der Waals surface area (Å²) in [5.74, 6) is 1.12. The molecule has 0 aromatic rings. The number of nitrogens with zero attached hydrogens (tertiary/aromatic N) is 2. The molecule has 0 spiro atoms. The maximum Gasteiger partial charge on any atom is 0.0701 e. The highest BCUT2D eigenvalue weighted by Gasteiger charge is 2.08. The van der Waals surface area contributed by atoms with E-state index in [1.807, 2.05) is 0 Å². The summed E-state index contributed by atoms with van der Waals surface area (Å²) in [6.45, 7) is 16.6. The van der Waals surface area contributed by atoms with Crippen LogP contribution in [0.2, 0.25) is 0 Å². The number of hydrogen-bond donors (Lipinski definition) is 0. The van der Waals surface area contributed by atoms with E-state index >= 15 is 0 Å². The number of ether oxygens (including phenoxy) is 6. The molecule has 1 aliphatic rings. The highest BCUT2D eigenvalue weighted by atomic mass is 16.6.